The van der Waals surface area contributed by atoms with E-state index in [-0.39, 0.29) is 5.78 Å². The van der Waals surface area contributed by atoms with Gasteiger partial charge < -0.3 is 0 Å². The van der Waals surface area contributed by atoms with Crippen molar-refractivity contribution in [2.75, 3.05) is 0 Å². The molecule has 0 amide bonds. The first kappa shape index (κ1) is 12.5. The molecular formula is C11H8Br2OS2. The zero-order chi connectivity index (χ0) is 11.9. The molecule has 5 heteroatoms. The van der Waals surface area contributed by atoms with E-state index in [0.29, 0.717) is 0 Å². The molecule has 0 fully saturated rings. The van der Waals surface area contributed by atoms with Crippen LogP contribution in [0.3, 0.4) is 0 Å². The van der Waals surface area contributed by atoms with Gasteiger partial charge >= 0.3 is 0 Å². The molecule has 0 bridgehead atoms. The molecule has 0 unspecified atom stereocenters. The number of hydrogen-bond acceptors (Lipinski definition) is 3. The molecule has 0 aromatic carbocycles. The minimum Gasteiger partial charge on any atom is -0.287 e. The number of hydrogen-bond donors (Lipinski definition) is 0. The normalized spacial score (nSPS) is 10.8. The Kier molecular flexibility index (Phi) is 3.69. The van der Waals surface area contributed by atoms with E-state index in [9.17, 15) is 4.79 Å². The third-order valence-corrected chi connectivity index (χ3v) is 6.17. The van der Waals surface area contributed by atoms with E-state index in [4.69, 9.17) is 0 Å². The zero-order valence-corrected chi connectivity index (χ0v) is 13.4. The van der Waals surface area contributed by atoms with Crippen LogP contribution >= 0.6 is 54.5 Å². The Morgan fingerprint density at radius 2 is 1.88 bits per heavy atom. The summed E-state index contributed by atoms with van der Waals surface area (Å²) >= 11 is 9.88. The maximum absolute atomic E-state index is 12.2. The topological polar surface area (TPSA) is 17.1 Å². The molecule has 2 rings (SSSR count). The quantitative estimate of drug-likeness (QED) is 0.656. The molecule has 0 aliphatic rings. The van der Waals surface area contributed by atoms with Gasteiger partial charge in [0, 0.05) is 9.35 Å². The van der Waals surface area contributed by atoms with Crippen LogP contribution in [0.15, 0.2) is 20.4 Å². The summed E-state index contributed by atoms with van der Waals surface area (Å²) in [6, 6.07) is 3.91. The van der Waals surface area contributed by atoms with Crippen LogP contribution in [0.4, 0.5) is 0 Å². The van der Waals surface area contributed by atoms with Crippen LogP contribution in [0.25, 0.3) is 0 Å². The monoisotopic (exact) mass is 378 g/mol. The standard InChI is InChI=1S/C11H8Br2OS2/c1-5-3-8(16-11(5)13)9(14)10-7(12)4-6(2)15-10/h3-4H,1-2H3. The fourth-order valence-electron chi connectivity index (χ4n) is 1.32. The summed E-state index contributed by atoms with van der Waals surface area (Å²) in [4.78, 5) is 14.9. The molecule has 1 nitrogen and oxygen atoms in total. The fraction of sp³-hybridized carbons (Fsp3) is 0.182. The largest absolute Gasteiger partial charge is 0.287 e. The molecule has 0 N–H and O–H groups in total. The molecule has 0 saturated heterocycles. The van der Waals surface area contributed by atoms with Crippen molar-refractivity contribution in [2.24, 2.45) is 0 Å². The number of aryl methyl sites for hydroxylation is 2. The van der Waals surface area contributed by atoms with Crippen LogP contribution in [0.1, 0.15) is 25.0 Å². The SMILES string of the molecule is Cc1cc(Br)c(C(=O)c2cc(C)c(Br)s2)s1. The molecule has 0 aliphatic heterocycles. The molecule has 0 radical (unpaired) electrons. The maximum Gasteiger partial charge on any atom is 0.214 e. The van der Waals surface area contributed by atoms with Gasteiger partial charge in [-0.05, 0) is 63.4 Å². The minimum atomic E-state index is 0.101. The van der Waals surface area contributed by atoms with Gasteiger partial charge in [-0.15, -0.1) is 22.7 Å². The second-order valence-electron chi connectivity index (χ2n) is 3.43. The van der Waals surface area contributed by atoms with Crippen molar-refractivity contribution in [3.8, 4) is 0 Å². The lowest BCUT2D eigenvalue weighted by molar-refractivity contribution is 0.104. The van der Waals surface area contributed by atoms with Gasteiger partial charge in [-0.1, -0.05) is 0 Å². The Morgan fingerprint density at radius 3 is 2.31 bits per heavy atom. The predicted molar refractivity (Wildman–Crippen MR) is 76.9 cm³/mol. The molecule has 84 valence electrons. The van der Waals surface area contributed by atoms with Crippen molar-refractivity contribution in [3.63, 3.8) is 0 Å². The molecule has 0 spiro atoms. The van der Waals surface area contributed by atoms with Gasteiger partial charge in [-0.25, -0.2) is 0 Å². The fourth-order valence-corrected chi connectivity index (χ4v) is 4.64. The lowest BCUT2D eigenvalue weighted by Gasteiger charge is -1.93. The van der Waals surface area contributed by atoms with Crippen molar-refractivity contribution in [1.82, 2.24) is 0 Å². The summed E-state index contributed by atoms with van der Waals surface area (Å²) in [6.45, 7) is 3.99. The molecule has 16 heavy (non-hydrogen) atoms. The first-order valence-electron chi connectivity index (χ1n) is 4.55. The number of carbonyl (C=O) groups is 1. The van der Waals surface area contributed by atoms with E-state index >= 15 is 0 Å². The number of ketones is 1. The van der Waals surface area contributed by atoms with Crippen molar-refractivity contribution in [2.45, 2.75) is 13.8 Å². The van der Waals surface area contributed by atoms with Crippen LogP contribution in [-0.4, -0.2) is 5.78 Å². The van der Waals surface area contributed by atoms with Gasteiger partial charge in [-0.2, -0.15) is 0 Å². The highest BCUT2D eigenvalue weighted by atomic mass is 79.9. The molecule has 0 atom stereocenters. The molecule has 2 aromatic heterocycles. The number of carbonyl (C=O) groups excluding carboxylic acids is 1. The number of rotatable bonds is 2. The lowest BCUT2D eigenvalue weighted by Crippen LogP contribution is -1.95. The summed E-state index contributed by atoms with van der Waals surface area (Å²) in [5.74, 6) is 0.101. The molecule has 2 aromatic rings. The van der Waals surface area contributed by atoms with Crippen molar-refractivity contribution in [3.05, 3.63) is 40.6 Å². The molecule has 0 aliphatic carbocycles. The number of thiophene rings is 2. The van der Waals surface area contributed by atoms with Crippen LogP contribution in [0.2, 0.25) is 0 Å². The van der Waals surface area contributed by atoms with E-state index in [2.05, 4.69) is 31.9 Å². The zero-order valence-electron chi connectivity index (χ0n) is 8.64. The van der Waals surface area contributed by atoms with Gasteiger partial charge in [0.15, 0.2) is 0 Å². The minimum absolute atomic E-state index is 0.101. The second kappa shape index (κ2) is 4.72. The number of halogens is 2. The first-order valence-corrected chi connectivity index (χ1v) is 7.77. The van der Waals surface area contributed by atoms with Gasteiger partial charge in [0.05, 0.1) is 13.5 Å². The summed E-state index contributed by atoms with van der Waals surface area (Å²) in [6.07, 6.45) is 0. The summed E-state index contributed by atoms with van der Waals surface area (Å²) in [5, 5.41) is 0. The Hall–Kier alpha value is 0.0300. The third-order valence-electron chi connectivity index (χ3n) is 2.10. The van der Waals surface area contributed by atoms with Gasteiger partial charge in [-0.3, -0.25) is 4.79 Å². The highest BCUT2D eigenvalue weighted by Gasteiger charge is 2.18. The average Bonchev–Trinajstić information content (AvgIpc) is 2.70. The maximum atomic E-state index is 12.2. The van der Waals surface area contributed by atoms with E-state index < -0.39 is 0 Å². The Labute approximate surface area is 119 Å². The highest BCUT2D eigenvalue weighted by molar-refractivity contribution is 9.11. The van der Waals surface area contributed by atoms with Gasteiger partial charge in [0.25, 0.3) is 0 Å². The van der Waals surface area contributed by atoms with Gasteiger partial charge in [0.1, 0.15) is 0 Å². The Bertz CT molecular complexity index is 535. The van der Waals surface area contributed by atoms with Crippen molar-refractivity contribution >= 4 is 60.3 Å². The van der Waals surface area contributed by atoms with Crippen LogP contribution in [0.5, 0.6) is 0 Å². The molecule has 0 saturated carbocycles. The van der Waals surface area contributed by atoms with Crippen LogP contribution < -0.4 is 0 Å². The van der Waals surface area contributed by atoms with Crippen LogP contribution in [0, 0.1) is 13.8 Å². The van der Waals surface area contributed by atoms with Crippen molar-refractivity contribution < 1.29 is 4.79 Å². The highest BCUT2D eigenvalue weighted by Crippen LogP contribution is 2.33. The van der Waals surface area contributed by atoms with E-state index in [0.717, 1.165) is 28.5 Å². The third kappa shape index (κ3) is 2.32. The molecular weight excluding hydrogens is 372 g/mol. The van der Waals surface area contributed by atoms with Crippen molar-refractivity contribution in [1.29, 1.82) is 0 Å². The summed E-state index contributed by atoms with van der Waals surface area (Å²) in [5.41, 5.74) is 1.11. The second-order valence-corrected chi connectivity index (χ2v) is 7.91. The van der Waals surface area contributed by atoms with E-state index in [1.54, 1.807) is 0 Å². The van der Waals surface area contributed by atoms with Crippen LogP contribution in [-0.2, 0) is 0 Å². The van der Waals surface area contributed by atoms with Gasteiger partial charge in [0.2, 0.25) is 5.78 Å². The van der Waals surface area contributed by atoms with E-state index in [1.807, 2.05) is 26.0 Å². The Balaban J connectivity index is 2.42. The lowest BCUT2D eigenvalue weighted by atomic mass is 10.2. The smallest absolute Gasteiger partial charge is 0.214 e. The Morgan fingerprint density at radius 1 is 1.19 bits per heavy atom. The summed E-state index contributed by atoms with van der Waals surface area (Å²) < 4.78 is 1.92. The predicted octanol–water partition coefficient (Wildman–Crippen LogP) is 5.18. The molecule has 2 heterocycles. The van der Waals surface area contributed by atoms with E-state index in [1.165, 1.54) is 22.7 Å². The average molecular weight is 380 g/mol. The first-order chi connectivity index (χ1) is 7.49. The summed E-state index contributed by atoms with van der Waals surface area (Å²) in [7, 11) is 0.